The van der Waals surface area contributed by atoms with E-state index in [0.717, 1.165) is 18.6 Å². The third-order valence-electron chi connectivity index (χ3n) is 3.86. The Bertz CT molecular complexity index is 655. The van der Waals surface area contributed by atoms with E-state index in [-0.39, 0.29) is 5.69 Å². The van der Waals surface area contributed by atoms with Crippen molar-refractivity contribution in [2.75, 3.05) is 11.1 Å². The first-order valence-electron chi connectivity index (χ1n) is 7.27. The lowest BCUT2D eigenvalue weighted by molar-refractivity contribution is 0.0690. The number of carboxylic acid groups (broad SMARTS) is 1. The first-order valence-corrected chi connectivity index (χ1v) is 8.32. The average molecular weight is 305 g/mol. The minimum Gasteiger partial charge on any atom is -0.476 e. The summed E-state index contributed by atoms with van der Waals surface area (Å²) in [7, 11) is 0. The van der Waals surface area contributed by atoms with Crippen molar-refractivity contribution < 1.29 is 9.90 Å². The second kappa shape index (κ2) is 5.97. The maximum Gasteiger partial charge on any atom is 0.356 e. The number of thioether (sulfide) groups is 1. The largest absolute Gasteiger partial charge is 0.476 e. The number of nitrogens with zero attached hydrogens (tertiary/aromatic N) is 2. The van der Waals surface area contributed by atoms with Crippen LogP contribution in [0.4, 0.5) is 5.82 Å². The minimum atomic E-state index is -0.950. The quantitative estimate of drug-likeness (QED) is 0.888. The van der Waals surface area contributed by atoms with Gasteiger partial charge in [-0.2, -0.15) is 11.8 Å². The molecule has 0 radical (unpaired) electrons. The maximum atomic E-state index is 11.5. The van der Waals surface area contributed by atoms with Crippen LogP contribution in [0.25, 0.3) is 5.65 Å². The fourth-order valence-corrected chi connectivity index (χ4v) is 4.10. The fourth-order valence-electron chi connectivity index (χ4n) is 2.95. The monoisotopic (exact) mass is 305 g/mol. The standard InChI is InChI=1S/C15H19N3O2S/c1-2-21-11-7-6-10(9-11)16-14-13(15(19)20)18-8-4-3-5-12(18)17-14/h3-5,8,10-11,16H,2,6-7,9H2,1H3,(H,19,20). The van der Waals surface area contributed by atoms with Crippen molar-refractivity contribution in [1.29, 1.82) is 0 Å². The summed E-state index contributed by atoms with van der Waals surface area (Å²) in [5, 5.41) is 13.5. The highest BCUT2D eigenvalue weighted by Crippen LogP contribution is 2.32. The van der Waals surface area contributed by atoms with Crippen LogP contribution in [0.15, 0.2) is 24.4 Å². The Morgan fingerprint density at radius 3 is 3.14 bits per heavy atom. The van der Waals surface area contributed by atoms with Crippen LogP contribution >= 0.6 is 11.8 Å². The molecule has 0 bridgehead atoms. The molecule has 1 fully saturated rings. The number of aromatic nitrogens is 2. The smallest absolute Gasteiger partial charge is 0.356 e. The number of hydrogen-bond acceptors (Lipinski definition) is 4. The molecule has 1 saturated carbocycles. The normalized spacial score (nSPS) is 21.8. The van der Waals surface area contributed by atoms with E-state index < -0.39 is 5.97 Å². The van der Waals surface area contributed by atoms with E-state index in [1.807, 2.05) is 30.0 Å². The summed E-state index contributed by atoms with van der Waals surface area (Å²) >= 11 is 1.99. The molecule has 5 nitrogen and oxygen atoms in total. The van der Waals surface area contributed by atoms with Gasteiger partial charge in [0.15, 0.2) is 11.5 Å². The van der Waals surface area contributed by atoms with E-state index in [2.05, 4.69) is 17.2 Å². The van der Waals surface area contributed by atoms with Gasteiger partial charge in [-0.1, -0.05) is 13.0 Å². The SMILES string of the molecule is CCSC1CCC(Nc2nc3ccccn3c2C(=O)O)C1. The van der Waals surface area contributed by atoms with E-state index in [0.29, 0.717) is 22.8 Å². The Morgan fingerprint density at radius 1 is 1.52 bits per heavy atom. The predicted octanol–water partition coefficient (Wildman–Crippen LogP) is 3.12. The number of imidazole rings is 1. The first kappa shape index (κ1) is 14.3. The molecule has 0 saturated heterocycles. The van der Waals surface area contributed by atoms with Gasteiger partial charge in [0.1, 0.15) is 5.65 Å². The Hall–Kier alpha value is -1.69. The molecular weight excluding hydrogens is 286 g/mol. The Kier molecular flexibility index (Phi) is 4.05. The summed E-state index contributed by atoms with van der Waals surface area (Å²) in [5.74, 6) is 0.668. The lowest BCUT2D eigenvalue weighted by Crippen LogP contribution is -2.18. The molecule has 1 aliphatic rings. The van der Waals surface area contributed by atoms with Gasteiger partial charge < -0.3 is 10.4 Å². The van der Waals surface area contributed by atoms with Crippen LogP contribution in [0.3, 0.4) is 0 Å². The van der Waals surface area contributed by atoms with E-state index in [4.69, 9.17) is 0 Å². The van der Waals surface area contributed by atoms with Gasteiger partial charge in [0.05, 0.1) is 0 Å². The summed E-state index contributed by atoms with van der Waals surface area (Å²) in [5.41, 5.74) is 0.882. The van der Waals surface area contributed by atoms with Crippen molar-refractivity contribution in [2.24, 2.45) is 0 Å². The second-order valence-electron chi connectivity index (χ2n) is 5.27. The molecule has 0 amide bonds. The summed E-state index contributed by atoms with van der Waals surface area (Å²) in [6.45, 7) is 2.18. The number of anilines is 1. The predicted molar refractivity (Wildman–Crippen MR) is 85.3 cm³/mol. The lowest BCUT2D eigenvalue weighted by Gasteiger charge is -2.13. The Morgan fingerprint density at radius 2 is 2.38 bits per heavy atom. The van der Waals surface area contributed by atoms with Crippen LogP contribution in [0.2, 0.25) is 0 Å². The van der Waals surface area contributed by atoms with Gasteiger partial charge in [-0.25, -0.2) is 9.78 Å². The average Bonchev–Trinajstić information content (AvgIpc) is 3.03. The maximum absolute atomic E-state index is 11.5. The van der Waals surface area contributed by atoms with Crippen molar-refractivity contribution in [3.8, 4) is 0 Å². The number of carbonyl (C=O) groups is 1. The van der Waals surface area contributed by atoms with Gasteiger partial charge >= 0.3 is 5.97 Å². The molecule has 1 aliphatic carbocycles. The van der Waals surface area contributed by atoms with E-state index in [9.17, 15) is 9.90 Å². The molecule has 0 spiro atoms. The molecule has 0 aromatic carbocycles. The molecule has 2 N–H and O–H groups in total. The number of aromatic carboxylic acids is 1. The van der Waals surface area contributed by atoms with Gasteiger partial charge in [-0.15, -0.1) is 0 Å². The van der Waals surface area contributed by atoms with Crippen LogP contribution in [0, 0.1) is 0 Å². The molecule has 2 unspecified atom stereocenters. The summed E-state index contributed by atoms with van der Waals surface area (Å²) in [6.07, 6.45) is 5.07. The molecule has 3 rings (SSSR count). The van der Waals surface area contributed by atoms with Crippen molar-refractivity contribution in [2.45, 2.75) is 37.5 Å². The summed E-state index contributed by atoms with van der Waals surface area (Å²) in [6, 6.07) is 5.81. The van der Waals surface area contributed by atoms with Crippen molar-refractivity contribution in [1.82, 2.24) is 9.38 Å². The van der Waals surface area contributed by atoms with E-state index >= 15 is 0 Å². The number of pyridine rings is 1. The number of rotatable bonds is 5. The molecule has 2 heterocycles. The van der Waals surface area contributed by atoms with Gasteiger partial charge in [0, 0.05) is 17.5 Å². The Balaban J connectivity index is 1.84. The van der Waals surface area contributed by atoms with Crippen molar-refractivity contribution in [3.63, 3.8) is 0 Å². The second-order valence-corrected chi connectivity index (χ2v) is 6.85. The van der Waals surface area contributed by atoms with Gasteiger partial charge in [0.25, 0.3) is 0 Å². The number of hydrogen-bond donors (Lipinski definition) is 2. The van der Waals surface area contributed by atoms with Crippen LogP contribution < -0.4 is 5.32 Å². The van der Waals surface area contributed by atoms with Crippen molar-refractivity contribution in [3.05, 3.63) is 30.1 Å². The third kappa shape index (κ3) is 2.85. The topological polar surface area (TPSA) is 66.6 Å². The molecule has 2 aromatic heterocycles. The van der Waals surface area contributed by atoms with Crippen LogP contribution in [0.5, 0.6) is 0 Å². The van der Waals surface area contributed by atoms with Crippen molar-refractivity contribution >= 4 is 29.2 Å². The Labute approximate surface area is 127 Å². The van der Waals surface area contributed by atoms with Crippen LogP contribution in [-0.4, -0.2) is 37.5 Å². The summed E-state index contributed by atoms with van der Waals surface area (Å²) in [4.78, 5) is 16.0. The number of nitrogens with one attached hydrogen (secondary N) is 1. The number of fused-ring (bicyclic) bond motifs is 1. The van der Waals surface area contributed by atoms with E-state index in [1.165, 1.54) is 6.42 Å². The zero-order chi connectivity index (χ0) is 14.8. The van der Waals surface area contributed by atoms with Gasteiger partial charge in [-0.3, -0.25) is 4.40 Å². The minimum absolute atomic E-state index is 0.220. The van der Waals surface area contributed by atoms with Gasteiger partial charge in [-0.05, 0) is 37.1 Å². The third-order valence-corrected chi connectivity index (χ3v) is 5.09. The van der Waals surface area contributed by atoms with Gasteiger partial charge in [0.2, 0.25) is 0 Å². The zero-order valence-corrected chi connectivity index (χ0v) is 12.8. The lowest BCUT2D eigenvalue weighted by atomic mass is 10.2. The highest BCUT2D eigenvalue weighted by Gasteiger charge is 2.27. The fraction of sp³-hybridized carbons (Fsp3) is 0.467. The molecular formula is C15H19N3O2S. The highest BCUT2D eigenvalue weighted by molar-refractivity contribution is 7.99. The molecule has 112 valence electrons. The molecule has 21 heavy (non-hydrogen) atoms. The number of carboxylic acids is 1. The van der Waals surface area contributed by atoms with E-state index in [1.54, 1.807) is 10.6 Å². The van der Waals surface area contributed by atoms with Crippen LogP contribution in [-0.2, 0) is 0 Å². The molecule has 2 atom stereocenters. The molecule has 0 aliphatic heterocycles. The first-order chi connectivity index (χ1) is 10.2. The highest BCUT2D eigenvalue weighted by atomic mass is 32.2. The summed E-state index contributed by atoms with van der Waals surface area (Å²) < 4.78 is 1.62. The molecule has 2 aromatic rings. The van der Waals surface area contributed by atoms with Crippen LogP contribution in [0.1, 0.15) is 36.7 Å². The molecule has 6 heteroatoms. The zero-order valence-electron chi connectivity index (χ0n) is 12.0.